The van der Waals surface area contributed by atoms with Crippen LogP contribution in [0, 0.1) is 11.3 Å². The van der Waals surface area contributed by atoms with Crippen LogP contribution in [0.5, 0.6) is 0 Å². The van der Waals surface area contributed by atoms with E-state index in [0.717, 1.165) is 14.6 Å². The van der Waals surface area contributed by atoms with Gasteiger partial charge in [-0.2, -0.15) is 5.26 Å². The van der Waals surface area contributed by atoms with Crippen LogP contribution in [0.4, 0.5) is 5.69 Å². The highest BCUT2D eigenvalue weighted by Crippen LogP contribution is 2.33. The zero-order valence-electron chi connectivity index (χ0n) is 6.54. The quantitative estimate of drug-likeness (QED) is 0.784. The number of rotatable bonds is 0. The summed E-state index contributed by atoms with van der Waals surface area (Å²) in [5.41, 5.74) is 7.06. The van der Waals surface area contributed by atoms with Crippen LogP contribution in [0.15, 0.2) is 22.0 Å². The molecule has 0 aliphatic carbocycles. The van der Waals surface area contributed by atoms with Gasteiger partial charge in [0.05, 0.1) is 17.3 Å². The van der Waals surface area contributed by atoms with Gasteiger partial charge >= 0.3 is 0 Å². The van der Waals surface area contributed by atoms with Gasteiger partial charge in [0.1, 0.15) is 0 Å². The number of nitrogens with zero attached hydrogens (tertiary/aromatic N) is 1. The summed E-state index contributed by atoms with van der Waals surface area (Å²) in [4.78, 5) is 0. The first-order chi connectivity index (χ1) is 6.22. The summed E-state index contributed by atoms with van der Waals surface area (Å²) in [5, 5.41) is 11.6. The minimum atomic E-state index is 0.628. The van der Waals surface area contributed by atoms with E-state index in [1.54, 1.807) is 17.4 Å². The molecule has 0 aliphatic heterocycles. The molecule has 0 unspecified atom stereocenters. The van der Waals surface area contributed by atoms with Gasteiger partial charge in [-0.1, -0.05) is 15.9 Å². The van der Waals surface area contributed by atoms with Crippen molar-refractivity contribution in [1.82, 2.24) is 0 Å². The maximum atomic E-state index is 8.88. The number of halogens is 1. The van der Waals surface area contributed by atoms with Crippen LogP contribution >= 0.6 is 27.3 Å². The second-order valence-electron chi connectivity index (χ2n) is 2.63. The van der Waals surface area contributed by atoms with E-state index in [2.05, 4.69) is 22.0 Å². The fourth-order valence-electron chi connectivity index (χ4n) is 1.25. The molecule has 0 bridgehead atoms. The molecule has 1 heterocycles. The second kappa shape index (κ2) is 3.02. The van der Waals surface area contributed by atoms with Crippen LogP contribution in [0.3, 0.4) is 0 Å². The van der Waals surface area contributed by atoms with Crippen LogP contribution in [0.25, 0.3) is 10.1 Å². The molecule has 0 aliphatic rings. The predicted octanol–water partition coefficient (Wildman–Crippen LogP) is 3.12. The molecule has 0 fully saturated rings. The first-order valence-corrected chi connectivity index (χ1v) is 5.26. The Kier molecular flexibility index (Phi) is 1.98. The Balaban J connectivity index is 2.95. The number of nitrogens with two attached hydrogens (primary N) is 1. The molecule has 0 spiro atoms. The predicted molar refractivity (Wildman–Crippen MR) is 58.7 cm³/mol. The molecule has 0 saturated heterocycles. The van der Waals surface area contributed by atoms with Crippen molar-refractivity contribution in [3.05, 3.63) is 27.5 Å². The van der Waals surface area contributed by atoms with E-state index in [9.17, 15) is 0 Å². The van der Waals surface area contributed by atoms with E-state index in [1.807, 2.05) is 11.4 Å². The Hall–Kier alpha value is -1.05. The third-order valence-electron chi connectivity index (χ3n) is 1.79. The van der Waals surface area contributed by atoms with Crippen LogP contribution < -0.4 is 5.73 Å². The van der Waals surface area contributed by atoms with Gasteiger partial charge in [0.2, 0.25) is 0 Å². The lowest BCUT2D eigenvalue weighted by Crippen LogP contribution is -1.84. The number of anilines is 1. The molecule has 0 amide bonds. The first-order valence-electron chi connectivity index (χ1n) is 3.58. The fraction of sp³-hybridized carbons (Fsp3) is 0. The highest BCUT2D eigenvalue weighted by Gasteiger charge is 2.07. The highest BCUT2D eigenvalue weighted by atomic mass is 79.9. The summed E-state index contributed by atoms with van der Waals surface area (Å²) in [6.45, 7) is 0. The summed E-state index contributed by atoms with van der Waals surface area (Å²) in [6.07, 6.45) is 0. The van der Waals surface area contributed by atoms with Crippen molar-refractivity contribution in [3.8, 4) is 6.07 Å². The maximum absolute atomic E-state index is 8.88. The van der Waals surface area contributed by atoms with Crippen molar-refractivity contribution in [2.45, 2.75) is 0 Å². The Morgan fingerprint density at radius 2 is 2.23 bits per heavy atom. The molecule has 13 heavy (non-hydrogen) atoms. The minimum Gasteiger partial charge on any atom is -0.398 e. The van der Waals surface area contributed by atoms with Gasteiger partial charge in [0.25, 0.3) is 0 Å². The molecule has 4 heteroatoms. The molecular formula is C9H5BrN2S. The lowest BCUT2D eigenvalue weighted by atomic mass is 10.1. The lowest BCUT2D eigenvalue weighted by molar-refractivity contribution is 1.50. The van der Waals surface area contributed by atoms with Crippen molar-refractivity contribution < 1.29 is 0 Å². The van der Waals surface area contributed by atoms with Gasteiger partial charge in [-0.25, -0.2) is 0 Å². The minimum absolute atomic E-state index is 0.628. The SMILES string of the molecule is N#Cc1cc(Br)cc2scc(N)c12. The summed E-state index contributed by atoms with van der Waals surface area (Å²) >= 11 is 4.90. The zero-order valence-corrected chi connectivity index (χ0v) is 8.95. The van der Waals surface area contributed by atoms with E-state index in [-0.39, 0.29) is 0 Å². The average Bonchev–Trinajstić information content (AvgIpc) is 2.46. The summed E-state index contributed by atoms with van der Waals surface area (Å²) in [7, 11) is 0. The Morgan fingerprint density at radius 3 is 2.92 bits per heavy atom. The molecule has 1 aromatic carbocycles. The Labute approximate surface area is 87.7 Å². The van der Waals surface area contributed by atoms with Gasteiger partial charge in [-0.05, 0) is 12.1 Å². The van der Waals surface area contributed by atoms with E-state index >= 15 is 0 Å². The highest BCUT2D eigenvalue weighted by molar-refractivity contribution is 9.10. The third-order valence-corrected chi connectivity index (χ3v) is 3.19. The van der Waals surface area contributed by atoms with E-state index < -0.39 is 0 Å². The normalized spacial score (nSPS) is 10.2. The number of hydrogen-bond acceptors (Lipinski definition) is 3. The second-order valence-corrected chi connectivity index (χ2v) is 4.46. The topological polar surface area (TPSA) is 49.8 Å². The number of fused-ring (bicyclic) bond motifs is 1. The number of benzene rings is 1. The van der Waals surface area contributed by atoms with Gasteiger partial charge < -0.3 is 5.73 Å². The smallest absolute Gasteiger partial charge is 0.0999 e. The number of nitrogen functional groups attached to an aromatic ring is 1. The third kappa shape index (κ3) is 1.30. The molecule has 64 valence electrons. The van der Waals surface area contributed by atoms with E-state index in [0.29, 0.717) is 11.3 Å². The summed E-state index contributed by atoms with van der Waals surface area (Å²) in [5.74, 6) is 0. The van der Waals surface area contributed by atoms with Gasteiger partial charge in [0, 0.05) is 19.9 Å². The summed E-state index contributed by atoms with van der Waals surface area (Å²) < 4.78 is 1.96. The lowest BCUT2D eigenvalue weighted by Gasteiger charge is -1.96. The molecular weight excluding hydrogens is 248 g/mol. The molecule has 2 aromatic rings. The van der Waals surface area contributed by atoms with Gasteiger partial charge in [-0.3, -0.25) is 0 Å². The van der Waals surface area contributed by atoms with Crippen molar-refractivity contribution in [2.24, 2.45) is 0 Å². The Bertz CT molecular complexity index is 510. The fourth-order valence-corrected chi connectivity index (χ4v) is 2.77. The molecule has 2 rings (SSSR count). The molecule has 0 radical (unpaired) electrons. The first kappa shape index (κ1) is 8.54. The standard InChI is InChI=1S/C9H5BrN2S/c10-6-1-5(3-11)9-7(12)4-13-8(9)2-6/h1-2,4H,12H2. The largest absolute Gasteiger partial charge is 0.398 e. The molecule has 1 aromatic heterocycles. The van der Waals surface area contributed by atoms with Crippen molar-refractivity contribution >= 4 is 43.0 Å². The number of thiophene rings is 1. The van der Waals surface area contributed by atoms with Crippen LogP contribution in [0.1, 0.15) is 5.56 Å². The van der Waals surface area contributed by atoms with Gasteiger partial charge in [-0.15, -0.1) is 11.3 Å². The Morgan fingerprint density at radius 1 is 1.46 bits per heavy atom. The maximum Gasteiger partial charge on any atom is 0.0999 e. The van der Waals surface area contributed by atoms with E-state index in [1.165, 1.54) is 0 Å². The molecule has 2 N–H and O–H groups in total. The summed E-state index contributed by atoms with van der Waals surface area (Å²) in [6, 6.07) is 5.89. The van der Waals surface area contributed by atoms with Crippen molar-refractivity contribution in [3.63, 3.8) is 0 Å². The number of hydrogen-bond donors (Lipinski definition) is 1. The van der Waals surface area contributed by atoms with Crippen LogP contribution in [-0.2, 0) is 0 Å². The van der Waals surface area contributed by atoms with Crippen molar-refractivity contribution in [1.29, 1.82) is 5.26 Å². The van der Waals surface area contributed by atoms with E-state index in [4.69, 9.17) is 11.0 Å². The van der Waals surface area contributed by atoms with Crippen LogP contribution in [-0.4, -0.2) is 0 Å². The van der Waals surface area contributed by atoms with Gasteiger partial charge in [0.15, 0.2) is 0 Å². The molecule has 0 saturated carbocycles. The molecule has 2 nitrogen and oxygen atoms in total. The van der Waals surface area contributed by atoms with Crippen molar-refractivity contribution in [2.75, 3.05) is 5.73 Å². The molecule has 0 atom stereocenters. The monoisotopic (exact) mass is 252 g/mol. The van der Waals surface area contributed by atoms with Crippen LogP contribution in [0.2, 0.25) is 0 Å². The number of nitriles is 1. The zero-order chi connectivity index (χ0) is 9.42. The average molecular weight is 253 g/mol.